The van der Waals surface area contributed by atoms with Gasteiger partial charge in [0.1, 0.15) is 0 Å². The SMILES string of the molecule is O=C(NCc1ccccn1)Nc1cc2c(cc1Cl)OCO2. The van der Waals surface area contributed by atoms with Crippen LogP contribution in [-0.4, -0.2) is 17.8 Å². The first-order valence-electron chi connectivity index (χ1n) is 6.26. The molecule has 1 aromatic carbocycles. The van der Waals surface area contributed by atoms with Gasteiger partial charge in [-0.25, -0.2) is 4.79 Å². The normalized spacial score (nSPS) is 12.0. The van der Waals surface area contributed by atoms with Crippen LogP contribution in [0.5, 0.6) is 11.5 Å². The highest BCUT2D eigenvalue weighted by molar-refractivity contribution is 6.34. The Morgan fingerprint density at radius 1 is 1.29 bits per heavy atom. The molecule has 0 aliphatic carbocycles. The molecule has 2 N–H and O–H groups in total. The lowest BCUT2D eigenvalue weighted by atomic mass is 10.3. The van der Waals surface area contributed by atoms with E-state index in [-0.39, 0.29) is 12.8 Å². The third-order valence-corrected chi connectivity index (χ3v) is 3.18. The summed E-state index contributed by atoms with van der Waals surface area (Å²) >= 11 is 6.08. The molecule has 0 unspecified atom stereocenters. The predicted octanol–water partition coefficient (Wildman–Crippen LogP) is 2.79. The molecule has 0 radical (unpaired) electrons. The van der Waals surface area contributed by atoms with E-state index in [1.807, 2.05) is 18.2 Å². The number of rotatable bonds is 3. The van der Waals surface area contributed by atoms with E-state index < -0.39 is 0 Å². The third kappa shape index (κ3) is 3.17. The van der Waals surface area contributed by atoms with Crippen molar-refractivity contribution in [2.45, 2.75) is 6.54 Å². The van der Waals surface area contributed by atoms with Crippen LogP contribution in [0.25, 0.3) is 0 Å². The predicted molar refractivity (Wildman–Crippen MR) is 77.7 cm³/mol. The molecule has 108 valence electrons. The number of nitrogens with one attached hydrogen (secondary N) is 2. The monoisotopic (exact) mass is 305 g/mol. The Morgan fingerprint density at radius 2 is 2.10 bits per heavy atom. The molecule has 6 nitrogen and oxygen atoms in total. The highest BCUT2D eigenvalue weighted by Gasteiger charge is 2.17. The molecule has 2 heterocycles. The summed E-state index contributed by atoms with van der Waals surface area (Å²) in [4.78, 5) is 16.0. The van der Waals surface area contributed by atoms with Crippen molar-refractivity contribution in [3.05, 3.63) is 47.2 Å². The molecule has 0 spiro atoms. The summed E-state index contributed by atoms with van der Waals surface area (Å²) < 4.78 is 10.4. The smallest absolute Gasteiger partial charge is 0.319 e. The first kappa shape index (κ1) is 13.5. The summed E-state index contributed by atoms with van der Waals surface area (Å²) in [5.41, 5.74) is 1.23. The Labute approximate surface area is 126 Å². The van der Waals surface area contributed by atoms with Gasteiger partial charge in [-0.05, 0) is 12.1 Å². The van der Waals surface area contributed by atoms with Gasteiger partial charge in [0.05, 0.1) is 22.9 Å². The average Bonchev–Trinajstić information content (AvgIpc) is 2.94. The molecule has 1 aliphatic heterocycles. The number of nitrogens with zero attached hydrogens (tertiary/aromatic N) is 1. The fourth-order valence-corrected chi connectivity index (χ4v) is 2.05. The molecular formula is C14H12ClN3O3. The molecule has 7 heteroatoms. The lowest BCUT2D eigenvalue weighted by molar-refractivity contribution is 0.174. The highest BCUT2D eigenvalue weighted by Crippen LogP contribution is 2.39. The van der Waals surface area contributed by atoms with E-state index in [9.17, 15) is 4.79 Å². The fourth-order valence-electron chi connectivity index (χ4n) is 1.85. The number of benzene rings is 1. The van der Waals surface area contributed by atoms with Crippen LogP contribution in [-0.2, 0) is 6.54 Å². The molecule has 21 heavy (non-hydrogen) atoms. The molecular weight excluding hydrogens is 294 g/mol. The van der Waals surface area contributed by atoms with Gasteiger partial charge in [0.25, 0.3) is 0 Å². The molecule has 0 bridgehead atoms. The average molecular weight is 306 g/mol. The second kappa shape index (κ2) is 5.88. The molecule has 2 aromatic rings. The highest BCUT2D eigenvalue weighted by atomic mass is 35.5. The molecule has 0 saturated carbocycles. The van der Waals surface area contributed by atoms with E-state index >= 15 is 0 Å². The summed E-state index contributed by atoms with van der Waals surface area (Å²) in [6, 6.07) is 8.37. The molecule has 1 aromatic heterocycles. The van der Waals surface area contributed by atoms with E-state index in [0.29, 0.717) is 28.8 Å². The van der Waals surface area contributed by atoms with Crippen LogP contribution in [0.2, 0.25) is 5.02 Å². The maximum absolute atomic E-state index is 11.9. The van der Waals surface area contributed by atoms with Gasteiger partial charge in [-0.3, -0.25) is 4.98 Å². The van der Waals surface area contributed by atoms with E-state index in [1.165, 1.54) is 0 Å². The minimum Gasteiger partial charge on any atom is -0.454 e. The van der Waals surface area contributed by atoms with Crippen LogP contribution in [0.15, 0.2) is 36.5 Å². The lowest BCUT2D eigenvalue weighted by Crippen LogP contribution is -2.28. The first-order chi connectivity index (χ1) is 10.2. The molecule has 3 rings (SSSR count). The molecule has 0 saturated heterocycles. The number of ether oxygens (including phenoxy) is 2. The van der Waals surface area contributed by atoms with Gasteiger partial charge in [0.15, 0.2) is 11.5 Å². The van der Waals surface area contributed by atoms with Crippen molar-refractivity contribution in [1.29, 1.82) is 0 Å². The minimum atomic E-state index is -0.374. The van der Waals surface area contributed by atoms with Crippen molar-refractivity contribution < 1.29 is 14.3 Å². The number of halogens is 1. The number of hydrogen-bond acceptors (Lipinski definition) is 4. The van der Waals surface area contributed by atoms with Crippen molar-refractivity contribution in [1.82, 2.24) is 10.3 Å². The van der Waals surface area contributed by atoms with Gasteiger partial charge in [-0.2, -0.15) is 0 Å². The molecule has 2 amide bonds. The number of amides is 2. The van der Waals surface area contributed by atoms with Crippen molar-refractivity contribution in [3.8, 4) is 11.5 Å². The zero-order chi connectivity index (χ0) is 14.7. The summed E-state index contributed by atoms with van der Waals surface area (Å²) in [6.45, 7) is 0.482. The molecule has 0 fully saturated rings. The van der Waals surface area contributed by atoms with Crippen LogP contribution in [0.3, 0.4) is 0 Å². The van der Waals surface area contributed by atoms with Gasteiger partial charge < -0.3 is 20.1 Å². The van der Waals surface area contributed by atoms with E-state index in [2.05, 4.69) is 15.6 Å². The number of carbonyl (C=O) groups excluding carboxylic acids is 1. The summed E-state index contributed by atoms with van der Waals surface area (Å²) in [7, 11) is 0. The largest absolute Gasteiger partial charge is 0.454 e. The van der Waals surface area contributed by atoms with Crippen molar-refractivity contribution in [2.24, 2.45) is 0 Å². The zero-order valence-electron chi connectivity index (χ0n) is 10.9. The van der Waals surface area contributed by atoms with Gasteiger partial charge in [0, 0.05) is 18.3 Å². The summed E-state index contributed by atoms with van der Waals surface area (Å²) in [5.74, 6) is 1.12. The first-order valence-corrected chi connectivity index (χ1v) is 6.64. The van der Waals surface area contributed by atoms with E-state index in [4.69, 9.17) is 21.1 Å². The van der Waals surface area contributed by atoms with Gasteiger partial charge in [-0.15, -0.1) is 0 Å². The minimum absolute atomic E-state index is 0.154. The maximum atomic E-state index is 11.9. The van der Waals surface area contributed by atoms with Crippen molar-refractivity contribution in [3.63, 3.8) is 0 Å². The Hall–Kier alpha value is -2.47. The van der Waals surface area contributed by atoms with Crippen LogP contribution in [0, 0.1) is 0 Å². The fraction of sp³-hybridized carbons (Fsp3) is 0.143. The Kier molecular flexibility index (Phi) is 3.79. The number of aromatic nitrogens is 1. The topological polar surface area (TPSA) is 72.5 Å². The van der Waals surface area contributed by atoms with E-state index in [1.54, 1.807) is 18.3 Å². The standard InChI is InChI=1S/C14H12ClN3O3/c15-10-5-12-13(21-8-20-12)6-11(10)18-14(19)17-7-9-3-1-2-4-16-9/h1-6H,7-8H2,(H2,17,18,19). The van der Waals surface area contributed by atoms with Crippen LogP contribution < -0.4 is 20.1 Å². The molecule has 1 aliphatic rings. The molecule has 0 atom stereocenters. The number of pyridine rings is 1. The second-order valence-corrected chi connectivity index (χ2v) is 4.72. The van der Waals surface area contributed by atoms with Gasteiger partial charge in [-0.1, -0.05) is 17.7 Å². The zero-order valence-corrected chi connectivity index (χ0v) is 11.7. The summed E-state index contributed by atoms with van der Waals surface area (Å²) in [6.07, 6.45) is 1.67. The summed E-state index contributed by atoms with van der Waals surface area (Å²) in [5, 5.41) is 5.75. The van der Waals surface area contributed by atoms with Crippen LogP contribution in [0.1, 0.15) is 5.69 Å². The third-order valence-electron chi connectivity index (χ3n) is 2.87. The van der Waals surface area contributed by atoms with Gasteiger partial charge in [0.2, 0.25) is 6.79 Å². The van der Waals surface area contributed by atoms with Crippen LogP contribution in [0.4, 0.5) is 10.5 Å². The number of hydrogen-bond donors (Lipinski definition) is 2. The lowest BCUT2D eigenvalue weighted by Gasteiger charge is -2.09. The Balaban J connectivity index is 1.62. The van der Waals surface area contributed by atoms with Crippen molar-refractivity contribution in [2.75, 3.05) is 12.1 Å². The quantitative estimate of drug-likeness (QED) is 0.914. The number of anilines is 1. The van der Waals surface area contributed by atoms with Crippen molar-refractivity contribution >= 4 is 23.3 Å². The number of carbonyl (C=O) groups is 1. The van der Waals surface area contributed by atoms with Gasteiger partial charge >= 0.3 is 6.03 Å². The second-order valence-electron chi connectivity index (χ2n) is 4.31. The van der Waals surface area contributed by atoms with Crippen LogP contribution >= 0.6 is 11.6 Å². The number of urea groups is 1. The Morgan fingerprint density at radius 3 is 2.86 bits per heavy atom. The maximum Gasteiger partial charge on any atom is 0.319 e. The van der Waals surface area contributed by atoms with E-state index in [0.717, 1.165) is 5.69 Å². The number of fused-ring (bicyclic) bond motifs is 1. The Bertz CT molecular complexity index is 664.